The number of aliphatic imine (C=N–C) groups is 1. The average Bonchev–Trinajstić information content (AvgIpc) is 2.16. The van der Waals surface area contributed by atoms with E-state index in [1.54, 1.807) is 0 Å². The van der Waals surface area contributed by atoms with Crippen molar-refractivity contribution in [3.63, 3.8) is 0 Å². The van der Waals surface area contributed by atoms with Crippen LogP contribution in [0.4, 0.5) is 0 Å². The van der Waals surface area contributed by atoms with Gasteiger partial charge in [-0.3, -0.25) is 10.4 Å². The van der Waals surface area contributed by atoms with Gasteiger partial charge in [0.25, 0.3) is 0 Å². The summed E-state index contributed by atoms with van der Waals surface area (Å²) in [6, 6.07) is 0. The number of rotatable bonds is 6. The Bertz CT molecular complexity index is 154. The molecule has 0 bridgehead atoms. The van der Waals surface area contributed by atoms with Gasteiger partial charge in [0.1, 0.15) is 0 Å². The Morgan fingerprint density at radius 1 is 1.43 bits per heavy atom. The highest BCUT2D eigenvalue weighted by molar-refractivity contribution is 5.79. The van der Waals surface area contributed by atoms with Crippen LogP contribution in [0.25, 0.3) is 0 Å². The monoisotopic (exact) mass is 200 g/mol. The van der Waals surface area contributed by atoms with Gasteiger partial charge in [0.15, 0.2) is 0 Å². The zero-order valence-corrected chi connectivity index (χ0v) is 9.64. The lowest BCUT2D eigenvalue weighted by Crippen LogP contribution is -2.42. The largest absolute Gasteiger partial charge is 0.355 e. The van der Waals surface area contributed by atoms with E-state index >= 15 is 0 Å². The average molecular weight is 200 g/mol. The molecular formula is C10H24N4. The highest BCUT2D eigenvalue weighted by Crippen LogP contribution is 2.01. The Morgan fingerprint density at radius 3 is 2.64 bits per heavy atom. The molecule has 0 aromatic rings. The van der Waals surface area contributed by atoms with Crippen LogP contribution in [0.5, 0.6) is 0 Å². The first-order valence-electron chi connectivity index (χ1n) is 5.45. The second-order valence-electron chi connectivity index (χ2n) is 3.84. The molecule has 84 valence electrons. The lowest BCUT2D eigenvalue weighted by atomic mass is 10.1. The van der Waals surface area contributed by atoms with Crippen molar-refractivity contribution in [2.75, 3.05) is 13.1 Å². The molecule has 4 nitrogen and oxygen atoms in total. The molecule has 0 rings (SSSR count). The molecule has 14 heavy (non-hydrogen) atoms. The van der Waals surface area contributed by atoms with E-state index in [1.807, 2.05) is 0 Å². The summed E-state index contributed by atoms with van der Waals surface area (Å²) in [5.74, 6) is 6.78. The van der Waals surface area contributed by atoms with E-state index in [9.17, 15) is 0 Å². The lowest BCUT2D eigenvalue weighted by molar-refractivity contribution is 0.549. The van der Waals surface area contributed by atoms with Gasteiger partial charge >= 0.3 is 0 Å². The summed E-state index contributed by atoms with van der Waals surface area (Å²) in [4.78, 5) is 4.25. The Labute approximate surface area is 87.3 Å². The number of nitrogens with one attached hydrogen (secondary N) is 2. The topological polar surface area (TPSA) is 62.4 Å². The number of hydrazine groups is 1. The molecule has 0 atom stereocenters. The first-order valence-corrected chi connectivity index (χ1v) is 5.45. The van der Waals surface area contributed by atoms with Crippen molar-refractivity contribution in [2.45, 2.75) is 40.0 Å². The molecule has 0 radical (unpaired) electrons. The van der Waals surface area contributed by atoms with E-state index in [0.717, 1.165) is 31.8 Å². The molecular weight excluding hydrogens is 176 g/mol. The van der Waals surface area contributed by atoms with E-state index < -0.39 is 0 Å². The van der Waals surface area contributed by atoms with Gasteiger partial charge in [0.2, 0.25) is 5.96 Å². The molecule has 0 fully saturated rings. The molecule has 4 N–H and O–H groups in total. The van der Waals surface area contributed by atoms with Crippen LogP contribution in [0.15, 0.2) is 4.99 Å². The van der Waals surface area contributed by atoms with Crippen LogP contribution in [-0.4, -0.2) is 19.0 Å². The molecule has 0 spiro atoms. The van der Waals surface area contributed by atoms with Crippen LogP contribution < -0.4 is 16.6 Å². The van der Waals surface area contributed by atoms with Crippen molar-refractivity contribution in [3.8, 4) is 0 Å². The van der Waals surface area contributed by atoms with E-state index in [0.29, 0.717) is 5.96 Å². The summed E-state index contributed by atoms with van der Waals surface area (Å²) < 4.78 is 0. The van der Waals surface area contributed by atoms with Gasteiger partial charge in [0.05, 0.1) is 0 Å². The number of guanidine groups is 1. The summed E-state index contributed by atoms with van der Waals surface area (Å²) in [6.07, 6.45) is 3.43. The van der Waals surface area contributed by atoms with E-state index in [1.165, 1.54) is 6.42 Å². The van der Waals surface area contributed by atoms with E-state index in [4.69, 9.17) is 5.84 Å². The number of nitrogens with zero attached hydrogens (tertiary/aromatic N) is 1. The maximum Gasteiger partial charge on any atom is 0.205 e. The molecule has 0 heterocycles. The summed E-state index contributed by atoms with van der Waals surface area (Å²) >= 11 is 0. The van der Waals surface area contributed by atoms with Crippen LogP contribution in [0.1, 0.15) is 40.0 Å². The maximum atomic E-state index is 5.31. The van der Waals surface area contributed by atoms with E-state index in [2.05, 4.69) is 36.5 Å². The minimum Gasteiger partial charge on any atom is -0.355 e. The fraction of sp³-hybridized carbons (Fsp3) is 0.900. The van der Waals surface area contributed by atoms with Gasteiger partial charge in [-0.15, -0.1) is 0 Å². The van der Waals surface area contributed by atoms with Gasteiger partial charge in [-0.05, 0) is 25.2 Å². The molecule has 0 saturated carbocycles. The van der Waals surface area contributed by atoms with E-state index in [-0.39, 0.29) is 0 Å². The fourth-order valence-electron chi connectivity index (χ4n) is 1.09. The lowest BCUT2D eigenvalue weighted by Gasteiger charge is -2.09. The standard InChI is InChI=1S/C10H24N4/c1-4-7-12-10(14-11)13-8-5-6-9(2)3/h9H,4-8,11H2,1-3H3,(H2,12,13,14). The van der Waals surface area contributed by atoms with Gasteiger partial charge < -0.3 is 5.32 Å². The zero-order valence-electron chi connectivity index (χ0n) is 9.64. The summed E-state index contributed by atoms with van der Waals surface area (Å²) in [7, 11) is 0. The molecule has 0 aliphatic heterocycles. The first kappa shape index (κ1) is 13.2. The predicted molar refractivity (Wildman–Crippen MR) is 62.0 cm³/mol. The minimum absolute atomic E-state index is 0.704. The molecule has 0 aliphatic carbocycles. The highest BCUT2D eigenvalue weighted by Gasteiger charge is 1.96. The second-order valence-corrected chi connectivity index (χ2v) is 3.84. The predicted octanol–water partition coefficient (Wildman–Crippen LogP) is 1.24. The molecule has 0 aromatic heterocycles. The van der Waals surface area contributed by atoms with Gasteiger partial charge in [-0.1, -0.05) is 20.8 Å². The molecule has 0 aliphatic rings. The van der Waals surface area contributed by atoms with Crippen molar-refractivity contribution in [2.24, 2.45) is 16.8 Å². The van der Waals surface area contributed by atoms with Crippen LogP contribution in [-0.2, 0) is 0 Å². The van der Waals surface area contributed by atoms with Crippen LogP contribution in [0, 0.1) is 5.92 Å². The summed E-state index contributed by atoms with van der Waals surface area (Å²) in [5.41, 5.74) is 2.56. The van der Waals surface area contributed by atoms with Crippen LogP contribution >= 0.6 is 0 Å². The number of hydrogen-bond acceptors (Lipinski definition) is 2. The second kappa shape index (κ2) is 8.81. The van der Waals surface area contributed by atoms with Crippen LogP contribution in [0.2, 0.25) is 0 Å². The third-order valence-corrected chi connectivity index (χ3v) is 1.88. The summed E-state index contributed by atoms with van der Waals surface area (Å²) in [5, 5.41) is 3.17. The SMILES string of the molecule is CCCN=C(NN)NCCCC(C)C. The molecule has 4 heteroatoms. The van der Waals surface area contributed by atoms with Crippen molar-refractivity contribution in [3.05, 3.63) is 0 Å². The minimum atomic E-state index is 0.704. The molecule has 0 saturated heterocycles. The smallest absolute Gasteiger partial charge is 0.205 e. The number of nitrogens with two attached hydrogens (primary N) is 1. The Balaban J connectivity index is 3.52. The van der Waals surface area contributed by atoms with Crippen molar-refractivity contribution < 1.29 is 0 Å². The van der Waals surface area contributed by atoms with Crippen molar-refractivity contribution in [1.82, 2.24) is 10.7 Å². The normalized spacial score (nSPS) is 11.9. The van der Waals surface area contributed by atoms with Crippen molar-refractivity contribution >= 4 is 5.96 Å². The van der Waals surface area contributed by atoms with Crippen molar-refractivity contribution in [1.29, 1.82) is 0 Å². The first-order chi connectivity index (χ1) is 6.70. The Hall–Kier alpha value is -0.770. The zero-order chi connectivity index (χ0) is 10.8. The molecule has 0 aromatic carbocycles. The third kappa shape index (κ3) is 7.86. The van der Waals surface area contributed by atoms with Gasteiger partial charge in [-0.2, -0.15) is 0 Å². The quantitative estimate of drug-likeness (QED) is 0.199. The third-order valence-electron chi connectivity index (χ3n) is 1.88. The fourth-order valence-corrected chi connectivity index (χ4v) is 1.09. The summed E-state index contributed by atoms with van der Waals surface area (Å²) in [6.45, 7) is 8.30. The Kier molecular flexibility index (Phi) is 8.33. The Morgan fingerprint density at radius 2 is 2.14 bits per heavy atom. The molecule has 0 amide bonds. The van der Waals surface area contributed by atoms with Crippen LogP contribution in [0.3, 0.4) is 0 Å². The van der Waals surface area contributed by atoms with Gasteiger partial charge in [-0.25, -0.2) is 5.84 Å². The highest BCUT2D eigenvalue weighted by atomic mass is 15.3. The number of hydrogen-bond donors (Lipinski definition) is 3. The van der Waals surface area contributed by atoms with Gasteiger partial charge in [0, 0.05) is 13.1 Å². The maximum absolute atomic E-state index is 5.31. The molecule has 0 unspecified atom stereocenters.